The molecule has 0 saturated carbocycles. The molecule has 0 aliphatic carbocycles. The van der Waals surface area contributed by atoms with Crippen LogP contribution in [0.5, 0.6) is 0 Å². The molecule has 0 spiro atoms. The van der Waals surface area contributed by atoms with Gasteiger partial charge in [-0.3, -0.25) is 20.4 Å². The summed E-state index contributed by atoms with van der Waals surface area (Å²) < 4.78 is 1.91. The highest BCUT2D eigenvalue weighted by molar-refractivity contribution is 7.17. The maximum absolute atomic E-state index is 12.5. The number of benzene rings is 2. The van der Waals surface area contributed by atoms with Crippen LogP contribution in [0, 0.1) is 6.92 Å². The minimum Gasteiger partial charge on any atom is -0.330 e. The maximum Gasteiger partial charge on any atom is 0.281 e. The van der Waals surface area contributed by atoms with E-state index in [-0.39, 0.29) is 18.2 Å². The number of fused-ring (bicyclic) bond motifs is 1. The molecule has 7 nitrogen and oxygen atoms in total. The number of hydrogen-bond acceptors (Lipinski definition) is 5. The largest absolute Gasteiger partial charge is 0.330 e. The van der Waals surface area contributed by atoms with Crippen LogP contribution in [0.2, 0.25) is 0 Å². The standard InChI is InChI=1S/C21H19N5O2S/c1-14-19(29-21(23-14)15-7-3-2-4-8-15)20(28)25-24-18(27)11-12-26-13-22-16-9-5-6-10-17(16)26/h2-10,13H,11-12H2,1H3,(H,24,27)(H,25,28). The number of hydrogen-bond donors (Lipinski definition) is 2. The van der Waals surface area contributed by atoms with Crippen LogP contribution in [-0.2, 0) is 11.3 Å². The van der Waals surface area contributed by atoms with Gasteiger partial charge < -0.3 is 4.57 Å². The van der Waals surface area contributed by atoms with Gasteiger partial charge in [-0.05, 0) is 19.1 Å². The van der Waals surface area contributed by atoms with Crippen molar-refractivity contribution in [3.8, 4) is 10.6 Å². The third-order valence-electron chi connectivity index (χ3n) is 4.45. The van der Waals surface area contributed by atoms with Gasteiger partial charge in [-0.25, -0.2) is 9.97 Å². The van der Waals surface area contributed by atoms with Crippen LogP contribution >= 0.6 is 11.3 Å². The summed E-state index contributed by atoms with van der Waals surface area (Å²) in [6, 6.07) is 17.4. The predicted octanol–water partition coefficient (Wildman–Crippen LogP) is 3.32. The van der Waals surface area contributed by atoms with E-state index in [4.69, 9.17) is 0 Å². The molecule has 4 rings (SSSR count). The molecule has 2 heterocycles. The van der Waals surface area contributed by atoms with E-state index in [0.717, 1.165) is 21.6 Å². The number of nitrogens with zero attached hydrogens (tertiary/aromatic N) is 3. The zero-order valence-electron chi connectivity index (χ0n) is 15.8. The summed E-state index contributed by atoms with van der Waals surface area (Å²) in [4.78, 5) is 33.8. The zero-order chi connectivity index (χ0) is 20.2. The Hall–Kier alpha value is -3.52. The first-order valence-electron chi connectivity index (χ1n) is 9.14. The third kappa shape index (κ3) is 4.17. The Kier molecular flexibility index (Phi) is 5.35. The van der Waals surface area contributed by atoms with Gasteiger partial charge in [0.2, 0.25) is 5.91 Å². The molecule has 2 amide bonds. The lowest BCUT2D eigenvalue weighted by molar-refractivity contribution is -0.122. The Bertz CT molecular complexity index is 1170. The van der Waals surface area contributed by atoms with Crippen molar-refractivity contribution in [2.45, 2.75) is 19.9 Å². The monoisotopic (exact) mass is 405 g/mol. The summed E-state index contributed by atoms with van der Waals surface area (Å²) >= 11 is 1.30. The second-order valence-corrected chi connectivity index (χ2v) is 7.48. The van der Waals surface area contributed by atoms with Crippen LogP contribution in [0.4, 0.5) is 0 Å². The van der Waals surface area contributed by atoms with E-state index in [9.17, 15) is 9.59 Å². The summed E-state index contributed by atoms with van der Waals surface area (Å²) in [6.45, 7) is 2.25. The molecular formula is C21H19N5O2S. The van der Waals surface area contributed by atoms with Crippen molar-refractivity contribution in [2.75, 3.05) is 0 Å². The van der Waals surface area contributed by atoms with E-state index >= 15 is 0 Å². The smallest absolute Gasteiger partial charge is 0.281 e. The molecule has 0 radical (unpaired) electrons. The van der Waals surface area contributed by atoms with Gasteiger partial charge in [0.15, 0.2) is 0 Å². The average Bonchev–Trinajstić information content (AvgIpc) is 3.35. The molecule has 146 valence electrons. The fourth-order valence-electron chi connectivity index (χ4n) is 2.97. The average molecular weight is 405 g/mol. The van der Waals surface area contributed by atoms with Crippen molar-refractivity contribution in [2.24, 2.45) is 0 Å². The van der Waals surface area contributed by atoms with Crippen LogP contribution < -0.4 is 10.9 Å². The van der Waals surface area contributed by atoms with Gasteiger partial charge in [-0.2, -0.15) is 0 Å². The molecule has 0 fully saturated rings. The Balaban J connectivity index is 1.33. The zero-order valence-corrected chi connectivity index (χ0v) is 16.6. The molecule has 29 heavy (non-hydrogen) atoms. The first kappa shape index (κ1) is 18.8. The molecule has 0 saturated heterocycles. The Morgan fingerprint density at radius 2 is 1.79 bits per heavy atom. The normalized spacial score (nSPS) is 10.8. The summed E-state index contributed by atoms with van der Waals surface area (Å²) in [6.07, 6.45) is 1.93. The summed E-state index contributed by atoms with van der Waals surface area (Å²) in [5, 5.41) is 0.770. The second-order valence-electron chi connectivity index (χ2n) is 6.48. The first-order valence-corrected chi connectivity index (χ1v) is 9.95. The predicted molar refractivity (Wildman–Crippen MR) is 112 cm³/mol. The number of thiazole rings is 1. The lowest BCUT2D eigenvalue weighted by Gasteiger charge is -2.07. The van der Waals surface area contributed by atoms with Crippen molar-refractivity contribution in [1.29, 1.82) is 0 Å². The van der Waals surface area contributed by atoms with Crippen LogP contribution in [0.25, 0.3) is 21.6 Å². The van der Waals surface area contributed by atoms with E-state index in [2.05, 4.69) is 20.8 Å². The summed E-state index contributed by atoms with van der Waals surface area (Å²) in [7, 11) is 0. The number of amides is 2. The first-order chi connectivity index (χ1) is 14.1. The quantitative estimate of drug-likeness (QED) is 0.499. The fourth-order valence-corrected chi connectivity index (χ4v) is 3.93. The maximum atomic E-state index is 12.5. The van der Waals surface area contributed by atoms with E-state index in [1.54, 1.807) is 13.3 Å². The highest BCUT2D eigenvalue weighted by Crippen LogP contribution is 2.27. The van der Waals surface area contributed by atoms with E-state index in [1.807, 2.05) is 59.2 Å². The van der Waals surface area contributed by atoms with Crippen molar-refractivity contribution in [3.05, 3.63) is 71.5 Å². The van der Waals surface area contributed by atoms with Gasteiger partial charge in [-0.15, -0.1) is 11.3 Å². The van der Waals surface area contributed by atoms with Gasteiger partial charge in [-0.1, -0.05) is 42.5 Å². The van der Waals surface area contributed by atoms with Crippen LogP contribution in [0.15, 0.2) is 60.9 Å². The molecule has 0 bridgehead atoms. The fraction of sp³-hybridized carbons (Fsp3) is 0.143. The number of carbonyl (C=O) groups excluding carboxylic acids is 2. The topological polar surface area (TPSA) is 88.9 Å². The highest BCUT2D eigenvalue weighted by atomic mass is 32.1. The number of imidazole rings is 1. The van der Waals surface area contributed by atoms with Gasteiger partial charge in [0.05, 0.1) is 23.1 Å². The van der Waals surface area contributed by atoms with Crippen LogP contribution in [0.3, 0.4) is 0 Å². The number of para-hydroxylation sites is 2. The molecule has 0 atom stereocenters. The van der Waals surface area contributed by atoms with Gasteiger partial charge in [0.25, 0.3) is 5.91 Å². The van der Waals surface area contributed by atoms with E-state index in [0.29, 0.717) is 17.1 Å². The van der Waals surface area contributed by atoms with E-state index in [1.165, 1.54) is 11.3 Å². The molecule has 2 aromatic heterocycles. The number of aryl methyl sites for hydroxylation is 2. The molecule has 0 unspecified atom stereocenters. The van der Waals surface area contributed by atoms with Gasteiger partial charge in [0, 0.05) is 18.5 Å². The van der Waals surface area contributed by atoms with Crippen LogP contribution in [-0.4, -0.2) is 26.3 Å². The molecular weight excluding hydrogens is 386 g/mol. The third-order valence-corrected chi connectivity index (χ3v) is 5.65. The number of rotatable bonds is 5. The van der Waals surface area contributed by atoms with Crippen molar-refractivity contribution in [1.82, 2.24) is 25.4 Å². The Labute approximate surface area is 171 Å². The van der Waals surface area contributed by atoms with Crippen LogP contribution in [0.1, 0.15) is 21.8 Å². The molecule has 8 heteroatoms. The summed E-state index contributed by atoms with van der Waals surface area (Å²) in [5.41, 5.74) is 8.39. The van der Waals surface area contributed by atoms with Crippen molar-refractivity contribution in [3.63, 3.8) is 0 Å². The number of aromatic nitrogens is 3. The lowest BCUT2D eigenvalue weighted by atomic mass is 10.2. The number of nitrogens with one attached hydrogen (secondary N) is 2. The van der Waals surface area contributed by atoms with Crippen molar-refractivity contribution >= 4 is 34.2 Å². The van der Waals surface area contributed by atoms with Gasteiger partial charge >= 0.3 is 0 Å². The molecule has 2 N–H and O–H groups in total. The van der Waals surface area contributed by atoms with Gasteiger partial charge in [0.1, 0.15) is 9.88 Å². The molecule has 0 aliphatic heterocycles. The molecule has 0 aliphatic rings. The minimum absolute atomic E-state index is 0.220. The Morgan fingerprint density at radius 1 is 1.03 bits per heavy atom. The molecule has 4 aromatic rings. The SMILES string of the molecule is Cc1nc(-c2ccccc2)sc1C(=O)NNC(=O)CCn1cnc2ccccc21. The van der Waals surface area contributed by atoms with E-state index < -0.39 is 0 Å². The summed E-state index contributed by atoms with van der Waals surface area (Å²) in [5.74, 6) is -0.648. The lowest BCUT2D eigenvalue weighted by Crippen LogP contribution is -2.41. The van der Waals surface area contributed by atoms with Crippen molar-refractivity contribution < 1.29 is 9.59 Å². The minimum atomic E-state index is -0.372. The Morgan fingerprint density at radius 3 is 2.62 bits per heavy atom. The highest BCUT2D eigenvalue weighted by Gasteiger charge is 2.16. The second kappa shape index (κ2) is 8.24. The molecule has 2 aromatic carbocycles. The number of carbonyl (C=O) groups is 2. The number of hydrazine groups is 1.